The lowest BCUT2D eigenvalue weighted by Gasteiger charge is -2.05. The van der Waals surface area contributed by atoms with Crippen LogP contribution in [0.15, 0.2) is 12.1 Å². The number of rotatable bonds is 5. The van der Waals surface area contributed by atoms with Crippen LogP contribution in [-0.2, 0) is 17.9 Å². The van der Waals surface area contributed by atoms with Crippen molar-refractivity contribution in [2.24, 2.45) is 5.73 Å². The molecular formula is C9H12F3NOS. The lowest BCUT2D eigenvalue weighted by molar-refractivity contribution is -0.145. The van der Waals surface area contributed by atoms with Crippen molar-refractivity contribution in [1.82, 2.24) is 0 Å². The zero-order valence-corrected chi connectivity index (χ0v) is 8.83. The first-order chi connectivity index (χ1) is 7.01. The van der Waals surface area contributed by atoms with Gasteiger partial charge >= 0.3 is 6.18 Å². The SMILES string of the molecule is NCc1ccc(COCCC(F)(F)F)s1. The van der Waals surface area contributed by atoms with E-state index in [4.69, 9.17) is 10.5 Å². The van der Waals surface area contributed by atoms with Crippen LogP contribution in [0.25, 0.3) is 0 Å². The number of hydrogen-bond acceptors (Lipinski definition) is 3. The minimum absolute atomic E-state index is 0.223. The maximum Gasteiger partial charge on any atom is 0.391 e. The first kappa shape index (κ1) is 12.5. The molecule has 0 amide bonds. The molecule has 1 rings (SSSR count). The van der Waals surface area contributed by atoms with Crippen molar-refractivity contribution in [3.8, 4) is 0 Å². The average Bonchev–Trinajstić information content (AvgIpc) is 2.59. The molecule has 0 unspecified atom stereocenters. The van der Waals surface area contributed by atoms with Crippen LogP contribution < -0.4 is 5.73 Å². The molecule has 0 aliphatic rings. The third-order valence-corrected chi connectivity index (χ3v) is 2.77. The van der Waals surface area contributed by atoms with Crippen LogP contribution in [0, 0.1) is 0 Å². The highest BCUT2D eigenvalue weighted by Crippen LogP contribution is 2.20. The zero-order chi connectivity index (χ0) is 11.3. The molecule has 0 atom stereocenters. The minimum Gasteiger partial charge on any atom is -0.376 e. The lowest BCUT2D eigenvalue weighted by atomic mass is 10.4. The van der Waals surface area contributed by atoms with Gasteiger partial charge in [0.05, 0.1) is 19.6 Å². The molecule has 0 saturated carbocycles. The van der Waals surface area contributed by atoms with Crippen LogP contribution in [0.3, 0.4) is 0 Å². The van der Waals surface area contributed by atoms with Gasteiger partial charge in [-0.3, -0.25) is 0 Å². The number of alkyl halides is 3. The minimum atomic E-state index is -4.14. The molecule has 0 bridgehead atoms. The topological polar surface area (TPSA) is 35.2 Å². The highest BCUT2D eigenvalue weighted by molar-refractivity contribution is 7.11. The van der Waals surface area contributed by atoms with Gasteiger partial charge in [-0.2, -0.15) is 13.2 Å². The summed E-state index contributed by atoms with van der Waals surface area (Å²) in [5.41, 5.74) is 5.40. The fourth-order valence-electron chi connectivity index (χ4n) is 0.970. The summed E-state index contributed by atoms with van der Waals surface area (Å²) in [7, 11) is 0. The maximum absolute atomic E-state index is 11.7. The molecule has 0 spiro atoms. The monoisotopic (exact) mass is 239 g/mol. The summed E-state index contributed by atoms with van der Waals surface area (Å²) in [6, 6.07) is 3.67. The summed E-state index contributed by atoms with van der Waals surface area (Å²) < 4.78 is 40.1. The fourth-order valence-corrected chi connectivity index (χ4v) is 1.80. The van der Waals surface area contributed by atoms with Crippen molar-refractivity contribution in [2.75, 3.05) is 6.61 Å². The van der Waals surface area contributed by atoms with Gasteiger partial charge in [0.15, 0.2) is 0 Å². The molecule has 86 valence electrons. The van der Waals surface area contributed by atoms with Gasteiger partial charge in [-0.05, 0) is 12.1 Å². The van der Waals surface area contributed by atoms with Gasteiger partial charge in [0.25, 0.3) is 0 Å². The van der Waals surface area contributed by atoms with E-state index in [1.165, 1.54) is 11.3 Å². The average molecular weight is 239 g/mol. The van der Waals surface area contributed by atoms with E-state index in [0.717, 1.165) is 9.75 Å². The second kappa shape index (κ2) is 5.48. The van der Waals surface area contributed by atoms with Crippen molar-refractivity contribution in [2.45, 2.75) is 25.7 Å². The van der Waals surface area contributed by atoms with E-state index in [1.807, 2.05) is 12.1 Å². The van der Waals surface area contributed by atoms with Crippen molar-refractivity contribution in [3.63, 3.8) is 0 Å². The van der Waals surface area contributed by atoms with Crippen molar-refractivity contribution >= 4 is 11.3 Å². The quantitative estimate of drug-likeness (QED) is 0.802. The van der Waals surface area contributed by atoms with Crippen LogP contribution in [0.1, 0.15) is 16.2 Å². The molecule has 0 fully saturated rings. The third kappa shape index (κ3) is 5.15. The largest absolute Gasteiger partial charge is 0.391 e. The van der Waals surface area contributed by atoms with Crippen LogP contribution in [0.2, 0.25) is 0 Å². The summed E-state index contributed by atoms with van der Waals surface area (Å²) in [5.74, 6) is 0. The van der Waals surface area contributed by atoms with Crippen molar-refractivity contribution in [3.05, 3.63) is 21.9 Å². The second-order valence-corrected chi connectivity index (χ2v) is 4.24. The molecule has 0 saturated heterocycles. The first-order valence-electron chi connectivity index (χ1n) is 4.43. The Bertz CT molecular complexity index is 298. The highest BCUT2D eigenvalue weighted by Gasteiger charge is 2.26. The molecule has 2 N–H and O–H groups in total. The molecule has 0 radical (unpaired) electrons. The van der Waals surface area contributed by atoms with E-state index in [1.54, 1.807) is 0 Å². The number of thiophene rings is 1. The maximum atomic E-state index is 11.7. The van der Waals surface area contributed by atoms with Crippen LogP contribution >= 0.6 is 11.3 Å². The van der Waals surface area contributed by atoms with Gasteiger partial charge in [-0.15, -0.1) is 11.3 Å². The normalized spacial score (nSPS) is 12.0. The summed E-state index contributed by atoms with van der Waals surface area (Å²) in [6.07, 6.45) is -5.04. The second-order valence-electron chi connectivity index (χ2n) is 2.99. The lowest BCUT2D eigenvalue weighted by Crippen LogP contribution is -2.11. The molecule has 15 heavy (non-hydrogen) atoms. The highest BCUT2D eigenvalue weighted by atomic mass is 32.1. The van der Waals surface area contributed by atoms with Crippen LogP contribution in [0.4, 0.5) is 13.2 Å². The summed E-state index contributed by atoms with van der Waals surface area (Å²) in [6.45, 7) is 0.382. The van der Waals surface area contributed by atoms with Gasteiger partial charge < -0.3 is 10.5 Å². The van der Waals surface area contributed by atoms with E-state index < -0.39 is 12.6 Å². The predicted octanol–water partition coefficient (Wildman–Crippen LogP) is 2.68. The standard InChI is InChI=1S/C9H12F3NOS/c10-9(11,12)3-4-14-6-8-2-1-7(5-13)15-8/h1-2H,3-6,13H2. The molecular weight excluding hydrogens is 227 g/mol. The fraction of sp³-hybridized carbons (Fsp3) is 0.556. The van der Waals surface area contributed by atoms with E-state index in [-0.39, 0.29) is 13.2 Å². The molecule has 0 aliphatic carbocycles. The van der Waals surface area contributed by atoms with E-state index in [2.05, 4.69) is 0 Å². The molecule has 1 aromatic rings. The van der Waals surface area contributed by atoms with Crippen LogP contribution in [0.5, 0.6) is 0 Å². The Morgan fingerprint density at radius 2 is 1.93 bits per heavy atom. The number of hydrogen-bond donors (Lipinski definition) is 1. The molecule has 0 aromatic carbocycles. The van der Waals surface area contributed by atoms with Crippen LogP contribution in [-0.4, -0.2) is 12.8 Å². The van der Waals surface area contributed by atoms with Gasteiger partial charge in [-0.25, -0.2) is 0 Å². The Labute approximate surface area is 89.8 Å². The summed E-state index contributed by atoms with van der Waals surface area (Å²) in [5, 5.41) is 0. The van der Waals surface area contributed by atoms with Gasteiger partial charge in [0, 0.05) is 16.3 Å². The smallest absolute Gasteiger partial charge is 0.376 e. The van der Waals surface area contributed by atoms with Crippen molar-refractivity contribution in [1.29, 1.82) is 0 Å². The molecule has 1 heterocycles. The molecule has 6 heteroatoms. The Morgan fingerprint density at radius 3 is 2.47 bits per heavy atom. The van der Waals surface area contributed by atoms with Gasteiger partial charge in [0.1, 0.15) is 0 Å². The Balaban J connectivity index is 2.20. The number of nitrogens with two attached hydrogens (primary N) is 1. The summed E-state index contributed by atoms with van der Waals surface area (Å²) in [4.78, 5) is 1.90. The predicted molar refractivity (Wildman–Crippen MR) is 52.5 cm³/mol. The Hall–Kier alpha value is -0.590. The molecule has 0 aliphatic heterocycles. The zero-order valence-electron chi connectivity index (χ0n) is 8.01. The van der Waals surface area contributed by atoms with Crippen molar-refractivity contribution < 1.29 is 17.9 Å². The van der Waals surface area contributed by atoms with Gasteiger partial charge in [0.2, 0.25) is 0 Å². The van der Waals surface area contributed by atoms with Gasteiger partial charge in [-0.1, -0.05) is 0 Å². The number of halogens is 3. The Kier molecular flexibility index (Phi) is 4.56. The Morgan fingerprint density at radius 1 is 1.27 bits per heavy atom. The van der Waals surface area contributed by atoms with E-state index >= 15 is 0 Å². The molecule has 1 aromatic heterocycles. The molecule has 2 nitrogen and oxygen atoms in total. The summed E-state index contributed by atoms with van der Waals surface area (Å²) >= 11 is 1.46. The number of ether oxygens (including phenoxy) is 1. The first-order valence-corrected chi connectivity index (χ1v) is 5.25. The van der Waals surface area contributed by atoms with E-state index in [9.17, 15) is 13.2 Å². The van der Waals surface area contributed by atoms with E-state index in [0.29, 0.717) is 6.54 Å². The third-order valence-electron chi connectivity index (χ3n) is 1.69.